The summed E-state index contributed by atoms with van der Waals surface area (Å²) < 4.78 is 3.12. The molecule has 1 atom stereocenters. The molecule has 0 fully saturated rings. The summed E-state index contributed by atoms with van der Waals surface area (Å²) in [6.45, 7) is 3.11. The first-order valence-corrected chi connectivity index (χ1v) is 7.23. The van der Waals surface area contributed by atoms with Gasteiger partial charge in [0.15, 0.2) is 0 Å². The van der Waals surface area contributed by atoms with E-state index in [4.69, 9.17) is 0 Å². The lowest BCUT2D eigenvalue weighted by Crippen LogP contribution is -2.22. The quantitative estimate of drug-likeness (QED) is 0.836. The molecular formula is C14H18IN3. The summed E-state index contributed by atoms with van der Waals surface area (Å²) in [5.74, 6) is 0. The second-order valence-corrected chi connectivity index (χ2v) is 5.63. The monoisotopic (exact) mass is 355 g/mol. The Morgan fingerprint density at radius 2 is 2.06 bits per heavy atom. The molecule has 18 heavy (non-hydrogen) atoms. The lowest BCUT2D eigenvalue weighted by molar-refractivity contribution is 0.549. The zero-order chi connectivity index (χ0) is 13.0. The molecule has 1 heterocycles. The van der Waals surface area contributed by atoms with Crippen molar-refractivity contribution in [3.8, 4) is 0 Å². The van der Waals surface area contributed by atoms with E-state index in [1.54, 1.807) is 0 Å². The van der Waals surface area contributed by atoms with Crippen LogP contribution in [0.2, 0.25) is 0 Å². The Labute approximate surface area is 122 Å². The van der Waals surface area contributed by atoms with E-state index in [2.05, 4.69) is 70.4 Å². The fourth-order valence-electron chi connectivity index (χ4n) is 2.06. The summed E-state index contributed by atoms with van der Waals surface area (Å²) in [5.41, 5.74) is 2.60. The summed E-state index contributed by atoms with van der Waals surface area (Å²) in [6, 6.07) is 9.07. The van der Waals surface area contributed by atoms with E-state index in [1.165, 1.54) is 14.7 Å². The molecule has 0 amide bonds. The zero-order valence-electron chi connectivity index (χ0n) is 10.7. The van der Waals surface area contributed by atoms with Crippen LogP contribution in [-0.4, -0.2) is 16.3 Å². The third-order valence-corrected chi connectivity index (χ3v) is 3.64. The van der Waals surface area contributed by atoms with Crippen molar-refractivity contribution in [1.82, 2.24) is 15.1 Å². The second kappa shape index (κ2) is 6.33. The number of nitrogens with zero attached hydrogens (tertiary/aromatic N) is 2. The van der Waals surface area contributed by atoms with Gasteiger partial charge in [-0.2, -0.15) is 5.10 Å². The zero-order valence-corrected chi connectivity index (χ0v) is 12.9. The maximum Gasteiger partial charge on any atom is 0.0522 e. The van der Waals surface area contributed by atoms with E-state index < -0.39 is 0 Å². The van der Waals surface area contributed by atoms with Crippen molar-refractivity contribution in [2.24, 2.45) is 7.05 Å². The van der Waals surface area contributed by atoms with E-state index in [0.717, 1.165) is 13.0 Å². The number of likely N-dealkylation sites (N-methyl/N-ethyl adjacent to an activating group) is 1. The van der Waals surface area contributed by atoms with Gasteiger partial charge >= 0.3 is 0 Å². The van der Waals surface area contributed by atoms with Gasteiger partial charge in [-0.1, -0.05) is 19.1 Å². The summed E-state index contributed by atoms with van der Waals surface area (Å²) in [7, 11) is 1.95. The van der Waals surface area contributed by atoms with Gasteiger partial charge in [0.1, 0.15) is 0 Å². The average Bonchev–Trinajstić information content (AvgIpc) is 2.75. The lowest BCUT2D eigenvalue weighted by atomic mass is 10.0. The molecule has 2 rings (SSSR count). The molecule has 1 unspecified atom stereocenters. The first kappa shape index (κ1) is 13.5. The smallest absolute Gasteiger partial charge is 0.0522 e. The molecule has 1 aromatic carbocycles. The van der Waals surface area contributed by atoms with Crippen molar-refractivity contribution in [2.45, 2.75) is 19.4 Å². The van der Waals surface area contributed by atoms with Gasteiger partial charge in [0.25, 0.3) is 0 Å². The number of benzene rings is 1. The molecule has 1 aromatic heterocycles. The minimum absolute atomic E-state index is 0.358. The molecule has 0 aliphatic carbocycles. The van der Waals surface area contributed by atoms with Gasteiger partial charge in [0.2, 0.25) is 0 Å². The van der Waals surface area contributed by atoms with Crippen LogP contribution in [0.25, 0.3) is 0 Å². The predicted molar refractivity (Wildman–Crippen MR) is 82.5 cm³/mol. The van der Waals surface area contributed by atoms with Gasteiger partial charge in [0, 0.05) is 22.9 Å². The van der Waals surface area contributed by atoms with Crippen LogP contribution in [0.3, 0.4) is 0 Å². The molecule has 0 spiro atoms. The first-order valence-electron chi connectivity index (χ1n) is 6.15. The summed E-state index contributed by atoms with van der Waals surface area (Å²) in [5, 5.41) is 7.76. The SMILES string of the molecule is CCNC(Cc1cnn(C)c1)c1ccc(I)cc1. The largest absolute Gasteiger partial charge is 0.310 e. The highest BCUT2D eigenvalue weighted by atomic mass is 127. The van der Waals surface area contributed by atoms with Gasteiger partial charge in [-0.05, 0) is 58.8 Å². The molecule has 1 N–H and O–H groups in total. The molecule has 0 aliphatic rings. The number of halogens is 1. The summed E-state index contributed by atoms with van der Waals surface area (Å²) >= 11 is 2.33. The normalized spacial score (nSPS) is 12.6. The fraction of sp³-hybridized carbons (Fsp3) is 0.357. The number of aryl methyl sites for hydroxylation is 1. The maximum absolute atomic E-state index is 4.23. The van der Waals surface area contributed by atoms with Crippen molar-refractivity contribution in [1.29, 1.82) is 0 Å². The lowest BCUT2D eigenvalue weighted by Gasteiger charge is -2.17. The van der Waals surface area contributed by atoms with Crippen LogP contribution in [0.1, 0.15) is 24.1 Å². The van der Waals surface area contributed by atoms with Crippen LogP contribution in [0.4, 0.5) is 0 Å². The molecule has 2 aromatic rings. The molecule has 0 aliphatic heterocycles. The van der Waals surface area contributed by atoms with Crippen molar-refractivity contribution < 1.29 is 0 Å². The van der Waals surface area contributed by atoms with Crippen molar-refractivity contribution >= 4 is 22.6 Å². The molecule has 0 saturated carbocycles. The van der Waals surface area contributed by atoms with Crippen LogP contribution >= 0.6 is 22.6 Å². The number of hydrogen-bond acceptors (Lipinski definition) is 2. The summed E-state index contributed by atoms with van der Waals surface area (Å²) in [4.78, 5) is 0. The number of aromatic nitrogens is 2. The third-order valence-electron chi connectivity index (χ3n) is 2.92. The van der Waals surface area contributed by atoms with E-state index in [1.807, 2.05) is 17.9 Å². The van der Waals surface area contributed by atoms with Gasteiger partial charge < -0.3 is 5.32 Å². The van der Waals surface area contributed by atoms with E-state index in [-0.39, 0.29) is 0 Å². The minimum Gasteiger partial charge on any atom is -0.310 e. The average molecular weight is 355 g/mol. The topological polar surface area (TPSA) is 29.9 Å². The minimum atomic E-state index is 0.358. The Hall–Kier alpha value is -0.880. The molecule has 0 radical (unpaired) electrons. The predicted octanol–water partition coefficient (Wildman–Crippen LogP) is 2.92. The molecule has 0 saturated heterocycles. The molecule has 3 nitrogen and oxygen atoms in total. The van der Waals surface area contributed by atoms with E-state index >= 15 is 0 Å². The Kier molecular flexibility index (Phi) is 4.77. The van der Waals surface area contributed by atoms with Crippen molar-refractivity contribution in [3.63, 3.8) is 0 Å². The van der Waals surface area contributed by atoms with Crippen LogP contribution < -0.4 is 5.32 Å². The van der Waals surface area contributed by atoms with Crippen LogP contribution in [0.5, 0.6) is 0 Å². The van der Waals surface area contributed by atoms with Crippen LogP contribution in [0.15, 0.2) is 36.7 Å². The summed E-state index contributed by atoms with van der Waals surface area (Å²) in [6.07, 6.45) is 5.00. The number of nitrogens with one attached hydrogen (secondary N) is 1. The Morgan fingerprint density at radius 3 is 2.61 bits per heavy atom. The highest BCUT2D eigenvalue weighted by Crippen LogP contribution is 2.19. The first-order chi connectivity index (χ1) is 8.69. The van der Waals surface area contributed by atoms with Crippen molar-refractivity contribution in [3.05, 3.63) is 51.4 Å². The molecule has 4 heteroatoms. The number of rotatable bonds is 5. The highest BCUT2D eigenvalue weighted by Gasteiger charge is 2.11. The number of hydrogen-bond donors (Lipinski definition) is 1. The van der Waals surface area contributed by atoms with Crippen LogP contribution in [-0.2, 0) is 13.5 Å². The third kappa shape index (κ3) is 3.55. The van der Waals surface area contributed by atoms with Gasteiger partial charge in [-0.25, -0.2) is 0 Å². The Bertz CT molecular complexity index is 490. The fourth-order valence-corrected chi connectivity index (χ4v) is 2.42. The Balaban J connectivity index is 2.14. The van der Waals surface area contributed by atoms with Gasteiger partial charge in [-0.3, -0.25) is 4.68 Å². The molecular weight excluding hydrogens is 337 g/mol. The van der Waals surface area contributed by atoms with Crippen LogP contribution in [0, 0.1) is 3.57 Å². The Morgan fingerprint density at radius 1 is 1.33 bits per heavy atom. The van der Waals surface area contributed by atoms with Gasteiger partial charge in [-0.15, -0.1) is 0 Å². The van der Waals surface area contributed by atoms with Crippen molar-refractivity contribution in [2.75, 3.05) is 6.54 Å². The highest BCUT2D eigenvalue weighted by molar-refractivity contribution is 14.1. The maximum atomic E-state index is 4.23. The molecule has 0 bridgehead atoms. The van der Waals surface area contributed by atoms with E-state index in [9.17, 15) is 0 Å². The second-order valence-electron chi connectivity index (χ2n) is 4.39. The molecule has 96 valence electrons. The standard InChI is InChI=1S/C14H18IN3/c1-3-16-14(8-11-9-17-18(2)10-11)12-4-6-13(15)7-5-12/h4-7,9-10,14,16H,3,8H2,1-2H3. The van der Waals surface area contributed by atoms with E-state index in [0.29, 0.717) is 6.04 Å². The van der Waals surface area contributed by atoms with Gasteiger partial charge in [0.05, 0.1) is 6.20 Å².